The molecule has 2 atom stereocenters. The summed E-state index contributed by atoms with van der Waals surface area (Å²) in [5.74, 6) is 2.61. The third-order valence-corrected chi connectivity index (χ3v) is 7.31. The average Bonchev–Trinajstić information content (AvgIpc) is 3.30. The van der Waals surface area contributed by atoms with Gasteiger partial charge in [-0.2, -0.15) is 0 Å². The summed E-state index contributed by atoms with van der Waals surface area (Å²) in [5.41, 5.74) is 0. The highest BCUT2D eigenvalue weighted by molar-refractivity contribution is 7.10. The molecular weight excluding hydrogens is 392 g/mol. The molecule has 0 radical (unpaired) electrons. The van der Waals surface area contributed by atoms with Crippen molar-refractivity contribution in [3.8, 4) is 5.75 Å². The third kappa shape index (κ3) is 5.16. The Balaban J connectivity index is 1.29. The molecule has 0 spiro atoms. The summed E-state index contributed by atoms with van der Waals surface area (Å²) in [6.45, 7) is 4.12. The summed E-state index contributed by atoms with van der Waals surface area (Å²) < 4.78 is 6.15. The first-order chi connectivity index (χ1) is 14.7. The van der Waals surface area contributed by atoms with E-state index in [1.165, 1.54) is 24.3 Å². The second-order valence-electron chi connectivity index (χ2n) is 8.39. The molecule has 2 saturated heterocycles. The van der Waals surface area contributed by atoms with Gasteiger partial charge < -0.3 is 15.0 Å². The molecule has 2 fully saturated rings. The van der Waals surface area contributed by atoms with Crippen LogP contribution in [-0.2, 0) is 0 Å². The fraction of sp³-hybridized carbons (Fsp3) is 0.542. The molecule has 0 aliphatic carbocycles. The Hall–Kier alpha value is -2.05. The Morgan fingerprint density at radius 3 is 2.60 bits per heavy atom. The van der Waals surface area contributed by atoms with Crippen LogP contribution in [0.5, 0.6) is 5.75 Å². The van der Waals surface area contributed by atoms with Gasteiger partial charge in [0, 0.05) is 50.4 Å². The van der Waals surface area contributed by atoms with Gasteiger partial charge in [-0.15, -0.1) is 11.3 Å². The highest BCUT2D eigenvalue weighted by atomic mass is 32.1. The predicted octanol–water partition coefficient (Wildman–Crippen LogP) is 4.25. The Morgan fingerprint density at radius 2 is 1.90 bits per heavy atom. The van der Waals surface area contributed by atoms with E-state index >= 15 is 0 Å². The van der Waals surface area contributed by atoms with Crippen molar-refractivity contribution in [1.82, 2.24) is 15.1 Å². The normalized spacial score (nSPS) is 24.1. The van der Waals surface area contributed by atoms with Crippen LogP contribution in [0.4, 0.5) is 0 Å². The van der Waals surface area contributed by atoms with Gasteiger partial charge in [-0.3, -0.25) is 9.89 Å². The topological polar surface area (TPSA) is 40.1 Å². The molecule has 2 unspecified atom stereocenters. The SMILES string of the molecule is CN=C(NCC1CCCN(C)C1c1cccs1)N1CCC(Oc2ccccc2)CC1. The quantitative estimate of drug-likeness (QED) is 0.573. The molecule has 2 aliphatic rings. The molecule has 6 heteroatoms. The first kappa shape index (κ1) is 21.2. The maximum Gasteiger partial charge on any atom is 0.193 e. The number of nitrogens with one attached hydrogen (secondary N) is 1. The molecule has 5 nitrogen and oxygen atoms in total. The third-order valence-electron chi connectivity index (χ3n) is 6.36. The van der Waals surface area contributed by atoms with Crippen molar-refractivity contribution < 1.29 is 4.74 Å². The van der Waals surface area contributed by atoms with Gasteiger partial charge in [-0.1, -0.05) is 24.3 Å². The summed E-state index contributed by atoms with van der Waals surface area (Å²) in [5, 5.41) is 5.90. The maximum absolute atomic E-state index is 6.15. The van der Waals surface area contributed by atoms with E-state index in [2.05, 4.69) is 44.7 Å². The molecule has 2 aromatic rings. The molecule has 30 heavy (non-hydrogen) atoms. The number of hydrogen-bond donors (Lipinski definition) is 1. The monoisotopic (exact) mass is 426 g/mol. The van der Waals surface area contributed by atoms with Crippen LogP contribution in [0.2, 0.25) is 0 Å². The highest BCUT2D eigenvalue weighted by Gasteiger charge is 2.32. The largest absolute Gasteiger partial charge is 0.490 e. The second kappa shape index (κ2) is 10.3. The Labute approximate surface area is 184 Å². The van der Waals surface area contributed by atoms with E-state index in [0.717, 1.165) is 44.2 Å². The van der Waals surface area contributed by atoms with E-state index in [0.29, 0.717) is 12.0 Å². The van der Waals surface area contributed by atoms with Crippen LogP contribution in [0.3, 0.4) is 0 Å². The van der Waals surface area contributed by atoms with Crippen LogP contribution in [0.15, 0.2) is 52.8 Å². The Kier molecular flexibility index (Phi) is 7.28. The summed E-state index contributed by atoms with van der Waals surface area (Å²) in [6.07, 6.45) is 4.88. The number of likely N-dealkylation sites (tertiary alicyclic amines) is 2. The summed E-state index contributed by atoms with van der Waals surface area (Å²) in [7, 11) is 4.17. The minimum absolute atomic E-state index is 0.289. The number of ether oxygens (including phenoxy) is 1. The van der Waals surface area contributed by atoms with E-state index in [1.54, 1.807) is 0 Å². The van der Waals surface area contributed by atoms with Gasteiger partial charge >= 0.3 is 0 Å². The first-order valence-corrected chi connectivity index (χ1v) is 12.0. The van der Waals surface area contributed by atoms with Gasteiger partial charge in [0.25, 0.3) is 0 Å². The predicted molar refractivity (Wildman–Crippen MR) is 125 cm³/mol. The van der Waals surface area contributed by atoms with Gasteiger partial charge in [0.05, 0.1) is 0 Å². The average molecular weight is 427 g/mol. The number of rotatable bonds is 5. The number of guanidine groups is 1. The number of aliphatic imine (C=N–C) groups is 1. The smallest absolute Gasteiger partial charge is 0.193 e. The lowest BCUT2D eigenvalue weighted by molar-refractivity contribution is 0.120. The van der Waals surface area contributed by atoms with Gasteiger partial charge in [0.1, 0.15) is 11.9 Å². The van der Waals surface area contributed by atoms with Crippen molar-refractivity contribution in [3.05, 3.63) is 52.7 Å². The number of nitrogens with zero attached hydrogens (tertiary/aromatic N) is 3. The molecule has 162 valence electrons. The van der Waals surface area contributed by atoms with Crippen molar-refractivity contribution in [2.24, 2.45) is 10.9 Å². The molecule has 2 aliphatic heterocycles. The van der Waals surface area contributed by atoms with E-state index < -0.39 is 0 Å². The van der Waals surface area contributed by atoms with Crippen molar-refractivity contribution in [2.75, 3.05) is 40.3 Å². The molecule has 1 aromatic carbocycles. The van der Waals surface area contributed by atoms with E-state index in [-0.39, 0.29) is 6.10 Å². The molecule has 1 N–H and O–H groups in total. The molecule has 1 aromatic heterocycles. The number of piperidine rings is 2. The lowest BCUT2D eigenvalue weighted by atomic mass is 9.88. The molecule has 3 heterocycles. The standard InChI is InChI=1S/C24H34N4OS/c1-25-24(28-15-12-21(13-16-28)29-20-9-4-3-5-10-20)26-18-19-8-6-14-27(2)23(19)22-11-7-17-30-22/h3-5,7,9-11,17,19,21,23H,6,8,12-16,18H2,1-2H3,(H,25,26). The van der Waals surface area contributed by atoms with Crippen molar-refractivity contribution in [3.63, 3.8) is 0 Å². The minimum atomic E-state index is 0.289. The molecule has 0 bridgehead atoms. The Bertz CT molecular complexity index is 787. The summed E-state index contributed by atoms with van der Waals surface area (Å²) in [4.78, 5) is 11.0. The van der Waals surface area contributed by atoms with Crippen LogP contribution in [0.25, 0.3) is 0 Å². The van der Waals surface area contributed by atoms with Crippen LogP contribution in [0, 0.1) is 5.92 Å². The molecular formula is C24H34N4OS. The second-order valence-corrected chi connectivity index (χ2v) is 9.37. The molecule has 0 saturated carbocycles. The van der Waals surface area contributed by atoms with Crippen molar-refractivity contribution in [2.45, 2.75) is 37.8 Å². The number of hydrogen-bond acceptors (Lipinski definition) is 4. The zero-order valence-corrected chi connectivity index (χ0v) is 19.0. The fourth-order valence-electron chi connectivity index (χ4n) is 4.81. The van der Waals surface area contributed by atoms with E-state index in [4.69, 9.17) is 4.74 Å². The van der Waals surface area contributed by atoms with Gasteiger partial charge in [-0.05, 0) is 55.9 Å². The summed E-state index contributed by atoms with van der Waals surface area (Å²) in [6, 6.07) is 15.1. The summed E-state index contributed by atoms with van der Waals surface area (Å²) >= 11 is 1.88. The molecule has 4 rings (SSSR count). The fourth-order valence-corrected chi connectivity index (χ4v) is 5.80. The zero-order chi connectivity index (χ0) is 20.8. The van der Waals surface area contributed by atoms with E-state index in [1.807, 2.05) is 48.7 Å². The highest BCUT2D eigenvalue weighted by Crippen LogP contribution is 2.36. The van der Waals surface area contributed by atoms with Crippen LogP contribution in [0.1, 0.15) is 36.6 Å². The number of benzene rings is 1. The van der Waals surface area contributed by atoms with Crippen molar-refractivity contribution >= 4 is 17.3 Å². The van der Waals surface area contributed by atoms with Gasteiger partial charge in [0.2, 0.25) is 0 Å². The van der Waals surface area contributed by atoms with Crippen LogP contribution < -0.4 is 10.1 Å². The van der Waals surface area contributed by atoms with Crippen molar-refractivity contribution in [1.29, 1.82) is 0 Å². The molecule has 0 amide bonds. The zero-order valence-electron chi connectivity index (χ0n) is 18.2. The van der Waals surface area contributed by atoms with Crippen LogP contribution >= 0.6 is 11.3 Å². The van der Waals surface area contributed by atoms with Gasteiger partial charge in [-0.25, -0.2) is 0 Å². The maximum atomic E-state index is 6.15. The lowest BCUT2D eigenvalue weighted by Gasteiger charge is -2.40. The lowest BCUT2D eigenvalue weighted by Crippen LogP contribution is -2.49. The van der Waals surface area contributed by atoms with Crippen LogP contribution in [-0.4, -0.2) is 62.1 Å². The van der Waals surface area contributed by atoms with Gasteiger partial charge in [0.15, 0.2) is 5.96 Å². The Morgan fingerprint density at radius 1 is 1.10 bits per heavy atom. The minimum Gasteiger partial charge on any atom is -0.490 e. The first-order valence-electron chi connectivity index (χ1n) is 11.2. The number of thiophene rings is 1. The van der Waals surface area contributed by atoms with E-state index in [9.17, 15) is 0 Å². The number of para-hydroxylation sites is 1.